The molecular weight excluding hydrogens is 252 g/mol. The molecule has 1 aromatic rings. The summed E-state index contributed by atoms with van der Waals surface area (Å²) in [7, 11) is 0. The van der Waals surface area contributed by atoms with E-state index in [-0.39, 0.29) is 11.4 Å². The Morgan fingerprint density at radius 3 is 2.58 bits per heavy atom. The van der Waals surface area contributed by atoms with Gasteiger partial charge in [-0.2, -0.15) is 0 Å². The molecule has 0 bridgehead atoms. The van der Waals surface area contributed by atoms with Crippen LogP contribution in [0.4, 0.5) is 0 Å². The van der Waals surface area contributed by atoms with Crippen molar-refractivity contribution in [2.45, 2.75) is 37.4 Å². The van der Waals surface area contributed by atoms with E-state index in [1.807, 2.05) is 12.1 Å². The molecule has 1 atom stereocenters. The van der Waals surface area contributed by atoms with E-state index in [1.165, 1.54) is 5.56 Å². The van der Waals surface area contributed by atoms with Crippen molar-refractivity contribution in [1.29, 1.82) is 0 Å². The summed E-state index contributed by atoms with van der Waals surface area (Å²) in [5, 5.41) is 11.2. The van der Waals surface area contributed by atoms with Gasteiger partial charge in [0.1, 0.15) is 0 Å². The second kappa shape index (κ2) is 8.23. The van der Waals surface area contributed by atoms with Crippen LogP contribution < -0.4 is 0 Å². The summed E-state index contributed by atoms with van der Waals surface area (Å²) in [6.45, 7) is 8.39. The summed E-state index contributed by atoms with van der Waals surface area (Å²) in [6, 6.07) is 10.5. The van der Waals surface area contributed by atoms with Gasteiger partial charge < -0.3 is 5.11 Å². The quantitative estimate of drug-likeness (QED) is 0.691. The predicted molar refractivity (Wildman–Crippen MR) is 86.5 cm³/mol. The Kier molecular flexibility index (Phi) is 6.96. The van der Waals surface area contributed by atoms with Crippen molar-refractivity contribution in [3.05, 3.63) is 60.0 Å². The molecule has 0 heterocycles. The molecule has 1 aromatic carbocycles. The number of allylic oxidation sites excluding steroid dienone is 2. The highest BCUT2D eigenvalue weighted by molar-refractivity contribution is 8.03. The van der Waals surface area contributed by atoms with Crippen LogP contribution in [0.25, 0.3) is 0 Å². The van der Waals surface area contributed by atoms with E-state index in [2.05, 4.69) is 56.2 Å². The summed E-state index contributed by atoms with van der Waals surface area (Å²) < 4.78 is 0.0840. The third kappa shape index (κ3) is 6.13. The van der Waals surface area contributed by atoms with E-state index in [0.29, 0.717) is 5.92 Å². The number of aliphatic hydroxyl groups is 1. The molecular formula is C17H24OS. The lowest BCUT2D eigenvalue weighted by Gasteiger charge is -2.21. The zero-order valence-corrected chi connectivity index (χ0v) is 12.7. The first-order chi connectivity index (χ1) is 9.09. The van der Waals surface area contributed by atoms with Gasteiger partial charge in [-0.3, -0.25) is 0 Å². The summed E-state index contributed by atoms with van der Waals surface area (Å²) in [5.74, 6) is 0.385. The van der Waals surface area contributed by atoms with E-state index < -0.39 is 0 Å². The molecule has 0 spiro atoms. The molecule has 1 nitrogen and oxygen atoms in total. The predicted octanol–water partition coefficient (Wildman–Crippen LogP) is 4.75. The van der Waals surface area contributed by atoms with Gasteiger partial charge in [0.25, 0.3) is 0 Å². The van der Waals surface area contributed by atoms with Crippen molar-refractivity contribution in [2.75, 3.05) is 6.61 Å². The van der Waals surface area contributed by atoms with Gasteiger partial charge in [-0.05, 0) is 23.8 Å². The number of hydrogen-bond acceptors (Lipinski definition) is 2. The van der Waals surface area contributed by atoms with Gasteiger partial charge in [0, 0.05) is 17.3 Å². The van der Waals surface area contributed by atoms with E-state index >= 15 is 0 Å². The summed E-state index contributed by atoms with van der Waals surface area (Å²) >= 11 is 1.78. The smallest absolute Gasteiger partial charge is 0.0444 e. The van der Waals surface area contributed by atoms with Crippen LogP contribution in [0.2, 0.25) is 0 Å². The molecule has 1 N–H and O–H groups in total. The van der Waals surface area contributed by atoms with Gasteiger partial charge >= 0.3 is 0 Å². The number of hydrogen-bond donors (Lipinski definition) is 1. The van der Waals surface area contributed by atoms with Crippen LogP contribution in [0.1, 0.15) is 38.2 Å². The monoisotopic (exact) mass is 276 g/mol. The largest absolute Gasteiger partial charge is 0.396 e. The molecule has 0 fully saturated rings. The fourth-order valence-corrected chi connectivity index (χ4v) is 2.70. The minimum absolute atomic E-state index is 0.0840. The van der Waals surface area contributed by atoms with E-state index in [1.54, 1.807) is 11.8 Å². The first kappa shape index (κ1) is 16.1. The molecule has 0 unspecified atom stereocenters. The fraction of sp³-hybridized carbons (Fsp3) is 0.412. The molecule has 0 aliphatic carbocycles. The minimum Gasteiger partial charge on any atom is -0.396 e. The van der Waals surface area contributed by atoms with Gasteiger partial charge in [0.05, 0.1) is 0 Å². The van der Waals surface area contributed by atoms with Gasteiger partial charge in [-0.25, -0.2) is 0 Å². The normalized spacial score (nSPS) is 13.6. The average molecular weight is 276 g/mol. The first-order valence-electron chi connectivity index (χ1n) is 6.70. The molecule has 0 radical (unpaired) electrons. The highest BCUT2D eigenvalue weighted by atomic mass is 32.2. The summed E-state index contributed by atoms with van der Waals surface area (Å²) in [6.07, 6.45) is 5.95. The number of thioether (sulfide) groups is 1. The molecule has 0 saturated carbocycles. The fourth-order valence-electron chi connectivity index (χ4n) is 1.85. The number of aliphatic hydroxyl groups excluding tert-OH is 1. The third-order valence-electron chi connectivity index (χ3n) is 3.06. The van der Waals surface area contributed by atoms with Gasteiger partial charge in [0.2, 0.25) is 0 Å². The van der Waals surface area contributed by atoms with Crippen molar-refractivity contribution >= 4 is 11.8 Å². The van der Waals surface area contributed by atoms with Crippen molar-refractivity contribution in [3.8, 4) is 0 Å². The number of benzene rings is 1. The molecule has 0 aromatic heterocycles. The van der Waals surface area contributed by atoms with Crippen LogP contribution in [0.3, 0.4) is 0 Å². The standard InChI is InChI=1S/C17H24OS/c1-4-8-15(16-9-6-5-7-10-16)11-14-19-17(2,3)12-13-18/h4-7,9-11,14-15,18H,1,8,12-13H2,2-3H3/b14-11+/t15-/m1/s1. The first-order valence-corrected chi connectivity index (χ1v) is 7.58. The van der Waals surface area contributed by atoms with Crippen LogP contribution in [0, 0.1) is 0 Å². The topological polar surface area (TPSA) is 20.2 Å². The van der Waals surface area contributed by atoms with E-state index in [9.17, 15) is 0 Å². The highest BCUT2D eigenvalue weighted by Crippen LogP contribution is 2.30. The molecule has 0 aliphatic heterocycles. The number of rotatable bonds is 8. The van der Waals surface area contributed by atoms with Crippen LogP contribution in [-0.4, -0.2) is 16.5 Å². The molecule has 0 saturated heterocycles. The lowest BCUT2D eigenvalue weighted by Crippen LogP contribution is -2.15. The average Bonchev–Trinajstić information content (AvgIpc) is 2.38. The Bertz CT molecular complexity index is 395. The molecule has 0 amide bonds. The lowest BCUT2D eigenvalue weighted by molar-refractivity contribution is 0.275. The maximum Gasteiger partial charge on any atom is 0.0444 e. The second-order valence-electron chi connectivity index (χ2n) is 5.22. The van der Waals surface area contributed by atoms with Crippen molar-refractivity contribution in [1.82, 2.24) is 0 Å². The Balaban J connectivity index is 2.66. The molecule has 1 rings (SSSR count). The van der Waals surface area contributed by atoms with Crippen molar-refractivity contribution in [2.24, 2.45) is 0 Å². The van der Waals surface area contributed by atoms with Crippen LogP contribution in [0.5, 0.6) is 0 Å². The van der Waals surface area contributed by atoms with E-state index in [0.717, 1.165) is 12.8 Å². The Hall–Kier alpha value is -0.990. The van der Waals surface area contributed by atoms with E-state index in [4.69, 9.17) is 5.11 Å². The maximum absolute atomic E-state index is 9.02. The van der Waals surface area contributed by atoms with Gasteiger partial charge in [-0.1, -0.05) is 56.3 Å². The summed E-state index contributed by atoms with van der Waals surface area (Å²) in [5.41, 5.74) is 1.32. The Labute approximate surface area is 121 Å². The van der Waals surface area contributed by atoms with Crippen LogP contribution in [-0.2, 0) is 0 Å². The molecule has 0 aliphatic rings. The molecule has 104 valence electrons. The zero-order chi connectivity index (χ0) is 14.1. The lowest BCUT2D eigenvalue weighted by atomic mass is 9.96. The van der Waals surface area contributed by atoms with Gasteiger partial charge in [0.15, 0.2) is 0 Å². The highest BCUT2D eigenvalue weighted by Gasteiger charge is 2.16. The SMILES string of the molecule is C=CC[C@H](/C=C/SC(C)(C)CCO)c1ccccc1. The zero-order valence-electron chi connectivity index (χ0n) is 11.9. The molecule has 2 heteroatoms. The minimum atomic E-state index is 0.0840. The maximum atomic E-state index is 9.02. The molecule has 19 heavy (non-hydrogen) atoms. The van der Waals surface area contributed by atoms with Gasteiger partial charge in [-0.15, -0.1) is 18.3 Å². The van der Waals surface area contributed by atoms with Crippen molar-refractivity contribution in [3.63, 3.8) is 0 Å². The second-order valence-corrected chi connectivity index (χ2v) is 6.83. The Morgan fingerprint density at radius 2 is 2.00 bits per heavy atom. The Morgan fingerprint density at radius 1 is 1.32 bits per heavy atom. The van der Waals surface area contributed by atoms with Crippen molar-refractivity contribution < 1.29 is 5.11 Å². The third-order valence-corrected chi connectivity index (χ3v) is 4.20. The summed E-state index contributed by atoms with van der Waals surface area (Å²) in [4.78, 5) is 0. The van der Waals surface area contributed by atoms with Crippen LogP contribution >= 0.6 is 11.8 Å². The van der Waals surface area contributed by atoms with Crippen LogP contribution in [0.15, 0.2) is 54.5 Å².